The lowest BCUT2D eigenvalue weighted by molar-refractivity contribution is -0.143. The summed E-state index contributed by atoms with van der Waals surface area (Å²) >= 11 is 0. The fraction of sp³-hybridized carbons (Fsp3) is 0.667. The molecular weight excluding hydrogens is 154 g/mol. The van der Waals surface area contributed by atoms with Crippen LogP contribution in [0, 0.1) is 0 Å². The Morgan fingerprint density at radius 1 is 1.50 bits per heavy atom. The van der Waals surface area contributed by atoms with Gasteiger partial charge in [0.05, 0.1) is 0 Å². The van der Waals surface area contributed by atoms with E-state index in [1.54, 1.807) is 6.92 Å². The minimum Gasteiger partial charge on any atom is -0.444 e. The number of ether oxygens (including phenoxy) is 1. The van der Waals surface area contributed by atoms with Gasteiger partial charge in [-0.3, -0.25) is 5.73 Å². The molecule has 0 aliphatic heterocycles. The van der Waals surface area contributed by atoms with Crippen molar-refractivity contribution in [1.29, 1.82) is 0 Å². The predicted octanol–water partition coefficient (Wildman–Crippen LogP) is 1.58. The van der Waals surface area contributed by atoms with Crippen molar-refractivity contribution < 1.29 is 9.53 Å². The van der Waals surface area contributed by atoms with Gasteiger partial charge in [-0.05, 0) is 27.2 Å². The molecule has 1 unspecified atom stereocenters. The number of carbonyl (C=O) groups excluding carboxylic acids is 1. The molecule has 0 bridgehead atoms. The second kappa shape index (κ2) is 4.93. The first kappa shape index (κ1) is 11.2. The molecule has 3 nitrogen and oxygen atoms in total. The van der Waals surface area contributed by atoms with E-state index >= 15 is 0 Å². The first-order chi connectivity index (χ1) is 5.49. The lowest BCUT2D eigenvalue weighted by Gasteiger charge is -2.10. The van der Waals surface area contributed by atoms with Crippen molar-refractivity contribution in [3.05, 3.63) is 11.1 Å². The van der Waals surface area contributed by atoms with E-state index in [0.717, 1.165) is 5.57 Å². The van der Waals surface area contributed by atoms with Crippen LogP contribution in [0.4, 0.5) is 0 Å². The lowest BCUT2D eigenvalue weighted by Crippen LogP contribution is -2.24. The summed E-state index contributed by atoms with van der Waals surface area (Å²) < 4.78 is 4.85. The van der Waals surface area contributed by atoms with Gasteiger partial charge in [0.2, 0.25) is 0 Å². The molecule has 3 heteroatoms. The zero-order chi connectivity index (χ0) is 9.72. The number of esters is 1. The Hall–Kier alpha value is -0.830. The summed E-state index contributed by atoms with van der Waals surface area (Å²) in [6.07, 6.45) is 0.159. The van der Waals surface area contributed by atoms with E-state index < -0.39 is 6.23 Å². The van der Waals surface area contributed by atoms with Crippen molar-refractivity contribution in [2.75, 3.05) is 0 Å². The van der Waals surface area contributed by atoms with Crippen LogP contribution in [0.5, 0.6) is 0 Å². The Bertz CT molecular complexity index is 191. The van der Waals surface area contributed by atoms with Crippen LogP contribution < -0.4 is 5.73 Å². The maximum atomic E-state index is 11.3. The summed E-state index contributed by atoms with van der Waals surface area (Å²) in [5.41, 5.74) is 7.02. The van der Waals surface area contributed by atoms with Crippen molar-refractivity contribution in [2.45, 2.75) is 40.3 Å². The molecule has 0 fully saturated rings. The van der Waals surface area contributed by atoms with Crippen LogP contribution in [-0.4, -0.2) is 12.2 Å². The first-order valence-corrected chi connectivity index (χ1v) is 4.12. The summed E-state index contributed by atoms with van der Waals surface area (Å²) in [7, 11) is 0. The van der Waals surface area contributed by atoms with Gasteiger partial charge in [-0.25, -0.2) is 4.79 Å². The smallest absolute Gasteiger partial charge is 0.335 e. The largest absolute Gasteiger partial charge is 0.444 e. The molecule has 0 saturated heterocycles. The molecule has 0 spiro atoms. The van der Waals surface area contributed by atoms with Gasteiger partial charge in [0.25, 0.3) is 0 Å². The van der Waals surface area contributed by atoms with Gasteiger partial charge >= 0.3 is 5.97 Å². The Balaban J connectivity index is 4.35. The third kappa shape index (κ3) is 3.53. The summed E-state index contributed by atoms with van der Waals surface area (Å²) in [5, 5.41) is 0. The van der Waals surface area contributed by atoms with Crippen LogP contribution in [0.25, 0.3) is 0 Å². The van der Waals surface area contributed by atoms with E-state index in [1.807, 2.05) is 20.8 Å². The van der Waals surface area contributed by atoms with Gasteiger partial charge in [-0.15, -0.1) is 0 Å². The molecule has 0 amide bonds. The molecule has 12 heavy (non-hydrogen) atoms. The average molecular weight is 171 g/mol. The Labute approximate surface area is 73.6 Å². The summed E-state index contributed by atoms with van der Waals surface area (Å²) in [6.45, 7) is 7.34. The monoisotopic (exact) mass is 171 g/mol. The van der Waals surface area contributed by atoms with Crippen LogP contribution >= 0.6 is 0 Å². The van der Waals surface area contributed by atoms with Gasteiger partial charge in [0.15, 0.2) is 0 Å². The zero-order valence-corrected chi connectivity index (χ0v) is 8.18. The van der Waals surface area contributed by atoms with Gasteiger partial charge in [-0.2, -0.15) is 0 Å². The highest BCUT2D eigenvalue weighted by molar-refractivity contribution is 5.89. The molecule has 0 radical (unpaired) electrons. The molecule has 0 aromatic heterocycles. The highest BCUT2D eigenvalue weighted by Gasteiger charge is 2.11. The quantitative estimate of drug-likeness (QED) is 0.398. The van der Waals surface area contributed by atoms with Crippen LogP contribution in [0.15, 0.2) is 11.1 Å². The normalized spacial score (nSPS) is 12.1. The van der Waals surface area contributed by atoms with Crippen molar-refractivity contribution >= 4 is 5.97 Å². The standard InChI is InChI=1S/C9H17NO2/c1-5-8(6(2)3)9(11)12-7(4)10/h7H,5,10H2,1-4H3. The number of nitrogens with two attached hydrogens (primary N) is 1. The SMILES string of the molecule is CCC(C(=O)OC(C)N)=C(C)C. The Kier molecular flexibility index (Phi) is 4.59. The molecule has 0 aliphatic rings. The van der Waals surface area contributed by atoms with Crippen LogP contribution in [-0.2, 0) is 9.53 Å². The van der Waals surface area contributed by atoms with E-state index in [2.05, 4.69) is 0 Å². The molecule has 0 saturated carbocycles. The Morgan fingerprint density at radius 3 is 2.25 bits per heavy atom. The molecule has 1 atom stereocenters. The summed E-state index contributed by atoms with van der Waals surface area (Å²) in [5.74, 6) is -0.299. The second-order valence-electron chi connectivity index (χ2n) is 2.94. The fourth-order valence-electron chi connectivity index (χ4n) is 0.942. The number of carbonyl (C=O) groups is 1. The third-order valence-corrected chi connectivity index (χ3v) is 1.50. The van der Waals surface area contributed by atoms with E-state index in [-0.39, 0.29) is 5.97 Å². The van der Waals surface area contributed by atoms with E-state index in [0.29, 0.717) is 12.0 Å². The summed E-state index contributed by atoms with van der Waals surface area (Å²) in [4.78, 5) is 11.3. The highest BCUT2D eigenvalue weighted by Crippen LogP contribution is 2.09. The molecule has 2 N–H and O–H groups in total. The molecule has 0 aromatic rings. The molecule has 0 rings (SSSR count). The minimum absolute atomic E-state index is 0.299. The third-order valence-electron chi connectivity index (χ3n) is 1.50. The number of hydrogen-bond donors (Lipinski definition) is 1. The summed E-state index contributed by atoms with van der Waals surface area (Å²) in [6, 6.07) is 0. The Morgan fingerprint density at radius 2 is 2.00 bits per heavy atom. The lowest BCUT2D eigenvalue weighted by atomic mass is 10.1. The van der Waals surface area contributed by atoms with Gasteiger partial charge in [0, 0.05) is 5.57 Å². The molecule has 0 aromatic carbocycles. The van der Waals surface area contributed by atoms with Gasteiger partial charge < -0.3 is 4.74 Å². The molecule has 0 aliphatic carbocycles. The number of hydrogen-bond acceptors (Lipinski definition) is 3. The predicted molar refractivity (Wildman–Crippen MR) is 48.4 cm³/mol. The van der Waals surface area contributed by atoms with E-state index in [4.69, 9.17) is 10.5 Å². The van der Waals surface area contributed by atoms with Gasteiger partial charge in [-0.1, -0.05) is 12.5 Å². The fourth-order valence-corrected chi connectivity index (χ4v) is 0.942. The topological polar surface area (TPSA) is 52.3 Å². The maximum absolute atomic E-state index is 11.3. The zero-order valence-electron chi connectivity index (χ0n) is 8.18. The minimum atomic E-state index is -0.529. The maximum Gasteiger partial charge on any atom is 0.335 e. The number of rotatable bonds is 3. The number of allylic oxidation sites excluding steroid dienone is 1. The molecule has 0 heterocycles. The van der Waals surface area contributed by atoms with E-state index in [1.165, 1.54) is 0 Å². The van der Waals surface area contributed by atoms with Crippen molar-refractivity contribution in [3.8, 4) is 0 Å². The van der Waals surface area contributed by atoms with Crippen molar-refractivity contribution in [1.82, 2.24) is 0 Å². The molecular formula is C9H17NO2. The molecule has 70 valence electrons. The first-order valence-electron chi connectivity index (χ1n) is 4.12. The van der Waals surface area contributed by atoms with E-state index in [9.17, 15) is 4.79 Å². The second-order valence-corrected chi connectivity index (χ2v) is 2.94. The average Bonchev–Trinajstić information content (AvgIpc) is 1.85. The van der Waals surface area contributed by atoms with Crippen molar-refractivity contribution in [3.63, 3.8) is 0 Å². The van der Waals surface area contributed by atoms with Gasteiger partial charge in [0.1, 0.15) is 6.23 Å². The van der Waals surface area contributed by atoms with Crippen LogP contribution in [0.3, 0.4) is 0 Å². The van der Waals surface area contributed by atoms with Crippen LogP contribution in [0.2, 0.25) is 0 Å². The van der Waals surface area contributed by atoms with Crippen molar-refractivity contribution in [2.24, 2.45) is 5.73 Å². The highest BCUT2D eigenvalue weighted by atomic mass is 16.6. The van der Waals surface area contributed by atoms with Crippen LogP contribution in [0.1, 0.15) is 34.1 Å².